The number of nitrogens with one attached hydrogen (secondary N) is 3. The summed E-state index contributed by atoms with van der Waals surface area (Å²) < 4.78 is 40.9. The molecule has 1 saturated heterocycles. The Bertz CT molecular complexity index is 692. The Labute approximate surface area is 135 Å². The van der Waals surface area contributed by atoms with Crippen LogP contribution in [0.4, 0.5) is 10.1 Å². The number of benzene rings is 1. The lowest BCUT2D eigenvalue weighted by Crippen LogP contribution is -2.40. The number of halogens is 1. The molecule has 0 radical (unpaired) electrons. The molecule has 1 aliphatic rings. The van der Waals surface area contributed by atoms with E-state index in [0.29, 0.717) is 0 Å². The fourth-order valence-electron chi connectivity index (χ4n) is 2.38. The van der Waals surface area contributed by atoms with Gasteiger partial charge in [0.2, 0.25) is 15.9 Å². The Hall–Kier alpha value is -1.51. The van der Waals surface area contributed by atoms with Crippen LogP contribution in [0.3, 0.4) is 0 Å². The van der Waals surface area contributed by atoms with Gasteiger partial charge < -0.3 is 10.6 Å². The Balaban J connectivity index is 2.23. The van der Waals surface area contributed by atoms with Gasteiger partial charge in [-0.25, -0.2) is 17.5 Å². The van der Waals surface area contributed by atoms with Crippen molar-refractivity contribution in [2.45, 2.75) is 50.1 Å². The maximum atomic E-state index is 13.9. The van der Waals surface area contributed by atoms with Gasteiger partial charge in [0.25, 0.3) is 0 Å². The summed E-state index contributed by atoms with van der Waals surface area (Å²) in [7, 11) is -4.02. The number of carbonyl (C=O) groups is 1. The molecule has 1 aromatic carbocycles. The van der Waals surface area contributed by atoms with Gasteiger partial charge in [-0.05, 0) is 58.4 Å². The fourth-order valence-corrected chi connectivity index (χ4v) is 3.91. The second-order valence-corrected chi connectivity index (χ2v) is 8.29. The van der Waals surface area contributed by atoms with Crippen molar-refractivity contribution < 1.29 is 17.6 Å². The van der Waals surface area contributed by atoms with E-state index in [4.69, 9.17) is 0 Å². The maximum Gasteiger partial charge on any atom is 0.244 e. The first-order valence-electron chi connectivity index (χ1n) is 7.46. The lowest BCUT2D eigenvalue weighted by atomic mass is 10.1. The molecule has 1 fully saturated rings. The first kappa shape index (κ1) is 17.8. The smallest absolute Gasteiger partial charge is 0.244 e. The van der Waals surface area contributed by atoms with Gasteiger partial charge in [-0.3, -0.25) is 4.79 Å². The van der Waals surface area contributed by atoms with Gasteiger partial charge in [-0.1, -0.05) is 0 Å². The molecular weight excluding hydrogens is 321 g/mol. The minimum atomic E-state index is -4.02. The summed E-state index contributed by atoms with van der Waals surface area (Å²) in [6, 6.07) is 3.22. The van der Waals surface area contributed by atoms with Gasteiger partial charge in [0, 0.05) is 11.2 Å². The third-order valence-corrected chi connectivity index (χ3v) is 5.08. The van der Waals surface area contributed by atoms with E-state index in [1.807, 2.05) is 0 Å². The van der Waals surface area contributed by atoms with Gasteiger partial charge in [-0.2, -0.15) is 0 Å². The van der Waals surface area contributed by atoms with Crippen LogP contribution in [0.25, 0.3) is 0 Å². The predicted molar refractivity (Wildman–Crippen MR) is 86.1 cm³/mol. The number of rotatable bonds is 4. The quantitative estimate of drug-likeness (QED) is 0.775. The number of carbonyl (C=O) groups excluding carboxylic acids is 1. The molecule has 1 aliphatic heterocycles. The zero-order valence-electron chi connectivity index (χ0n) is 13.4. The number of hydrogen-bond donors (Lipinski definition) is 3. The Morgan fingerprint density at radius 3 is 2.61 bits per heavy atom. The minimum Gasteiger partial charge on any atom is -0.325 e. The largest absolute Gasteiger partial charge is 0.325 e. The Morgan fingerprint density at radius 2 is 2.04 bits per heavy atom. The molecule has 3 N–H and O–H groups in total. The van der Waals surface area contributed by atoms with E-state index in [1.165, 1.54) is 6.07 Å². The summed E-state index contributed by atoms with van der Waals surface area (Å²) in [4.78, 5) is 11.6. The van der Waals surface area contributed by atoms with Crippen LogP contribution in [-0.4, -0.2) is 32.5 Å². The van der Waals surface area contributed by atoms with Gasteiger partial charge in [0.15, 0.2) is 0 Å². The minimum absolute atomic E-state index is 0.249. The number of hydrogen-bond acceptors (Lipinski definition) is 4. The van der Waals surface area contributed by atoms with Crippen molar-refractivity contribution in [3.8, 4) is 0 Å². The first-order chi connectivity index (χ1) is 10.6. The average molecular weight is 343 g/mol. The number of sulfonamides is 1. The highest BCUT2D eigenvalue weighted by Gasteiger charge is 2.26. The molecule has 1 amide bonds. The van der Waals surface area contributed by atoms with Crippen molar-refractivity contribution in [1.29, 1.82) is 0 Å². The molecule has 0 aromatic heterocycles. The summed E-state index contributed by atoms with van der Waals surface area (Å²) in [5, 5.41) is 5.67. The van der Waals surface area contributed by atoms with Gasteiger partial charge in [0.1, 0.15) is 10.7 Å². The standard InChI is InChI=1S/C15H22FN3O3S/c1-15(2,3)19-23(21,22)13-9-10(6-7-11(13)16)18-14(20)12-5-4-8-17-12/h6-7,9,12,17,19H,4-5,8H2,1-3H3,(H,18,20). The molecule has 1 heterocycles. The topological polar surface area (TPSA) is 87.3 Å². The van der Waals surface area contributed by atoms with Crippen LogP contribution in [0.1, 0.15) is 33.6 Å². The molecule has 2 rings (SSSR count). The zero-order chi connectivity index (χ0) is 17.3. The molecule has 0 aliphatic carbocycles. The average Bonchev–Trinajstić information content (AvgIpc) is 2.92. The molecule has 0 bridgehead atoms. The number of anilines is 1. The highest BCUT2D eigenvalue weighted by atomic mass is 32.2. The van der Waals surface area contributed by atoms with Crippen LogP contribution in [0.5, 0.6) is 0 Å². The third kappa shape index (κ3) is 4.73. The first-order valence-corrected chi connectivity index (χ1v) is 8.95. The van der Waals surface area contributed by atoms with Crippen molar-refractivity contribution in [2.75, 3.05) is 11.9 Å². The van der Waals surface area contributed by atoms with Gasteiger partial charge >= 0.3 is 0 Å². The fraction of sp³-hybridized carbons (Fsp3) is 0.533. The van der Waals surface area contributed by atoms with Crippen molar-refractivity contribution in [3.05, 3.63) is 24.0 Å². The van der Waals surface area contributed by atoms with Crippen LogP contribution >= 0.6 is 0 Å². The molecule has 128 valence electrons. The summed E-state index contributed by atoms with van der Waals surface area (Å²) in [5.41, 5.74) is -0.488. The van der Waals surface area contributed by atoms with Crippen molar-refractivity contribution in [3.63, 3.8) is 0 Å². The van der Waals surface area contributed by atoms with E-state index in [1.54, 1.807) is 20.8 Å². The summed E-state index contributed by atoms with van der Waals surface area (Å²) in [6.07, 6.45) is 1.64. The highest BCUT2D eigenvalue weighted by molar-refractivity contribution is 7.89. The lowest BCUT2D eigenvalue weighted by molar-refractivity contribution is -0.117. The lowest BCUT2D eigenvalue weighted by Gasteiger charge is -2.21. The normalized spacial score (nSPS) is 18.9. The molecule has 8 heteroatoms. The molecule has 0 spiro atoms. The summed E-state index contributed by atoms with van der Waals surface area (Å²) >= 11 is 0. The van der Waals surface area contributed by atoms with E-state index < -0.39 is 26.3 Å². The van der Waals surface area contributed by atoms with Crippen molar-refractivity contribution >= 4 is 21.6 Å². The van der Waals surface area contributed by atoms with Crippen LogP contribution in [0.2, 0.25) is 0 Å². The summed E-state index contributed by atoms with van der Waals surface area (Å²) in [6.45, 7) is 5.77. The van der Waals surface area contributed by atoms with E-state index in [9.17, 15) is 17.6 Å². The van der Waals surface area contributed by atoms with Crippen LogP contribution in [-0.2, 0) is 14.8 Å². The monoisotopic (exact) mass is 343 g/mol. The van der Waals surface area contributed by atoms with Gasteiger partial charge in [0.05, 0.1) is 6.04 Å². The van der Waals surface area contributed by atoms with Crippen LogP contribution in [0.15, 0.2) is 23.1 Å². The zero-order valence-corrected chi connectivity index (χ0v) is 14.3. The highest BCUT2D eigenvalue weighted by Crippen LogP contribution is 2.21. The Kier molecular flexibility index (Phi) is 5.07. The van der Waals surface area contributed by atoms with Crippen molar-refractivity contribution in [1.82, 2.24) is 10.0 Å². The van der Waals surface area contributed by atoms with E-state index in [2.05, 4.69) is 15.4 Å². The molecular formula is C15H22FN3O3S. The molecule has 1 aromatic rings. The Morgan fingerprint density at radius 1 is 1.35 bits per heavy atom. The molecule has 0 saturated carbocycles. The maximum absolute atomic E-state index is 13.9. The van der Waals surface area contributed by atoms with Crippen LogP contribution < -0.4 is 15.4 Å². The third-order valence-electron chi connectivity index (χ3n) is 3.31. The van der Waals surface area contributed by atoms with E-state index >= 15 is 0 Å². The second-order valence-electron chi connectivity index (χ2n) is 6.64. The van der Waals surface area contributed by atoms with E-state index in [-0.39, 0.29) is 17.6 Å². The molecule has 1 atom stereocenters. The SMILES string of the molecule is CC(C)(C)NS(=O)(=O)c1cc(NC(=O)C2CCCN2)ccc1F. The second kappa shape index (κ2) is 6.54. The summed E-state index contributed by atoms with van der Waals surface area (Å²) in [5.74, 6) is -1.11. The predicted octanol–water partition coefficient (Wildman–Crippen LogP) is 1.59. The van der Waals surface area contributed by atoms with E-state index in [0.717, 1.165) is 31.5 Å². The number of amides is 1. The van der Waals surface area contributed by atoms with Crippen molar-refractivity contribution in [2.24, 2.45) is 0 Å². The van der Waals surface area contributed by atoms with Gasteiger partial charge in [-0.15, -0.1) is 0 Å². The molecule has 23 heavy (non-hydrogen) atoms. The molecule has 1 unspecified atom stereocenters. The van der Waals surface area contributed by atoms with Crippen LogP contribution in [0, 0.1) is 5.82 Å². The molecule has 6 nitrogen and oxygen atoms in total.